The van der Waals surface area contributed by atoms with Crippen molar-refractivity contribution in [2.75, 3.05) is 0 Å². The lowest BCUT2D eigenvalue weighted by atomic mass is 10.2. The van der Waals surface area contributed by atoms with Crippen LogP contribution in [0.4, 0.5) is 0 Å². The Morgan fingerprint density at radius 1 is 1.33 bits per heavy atom. The molecule has 0 bridgehead atoms. The van der Waals surface area contributed by atoms with E-state index < -0.39 is 0 Å². The van der Waals surface area contributed by atoms with Gasteiger partial charge in [-0.1, -0.05) is 19.0 Å². The van der Waals surface area contributed by atoms with E-state index in [0.717, 1.165) is 15.8 Å². The van der Waals surface area contributed by atoms with Crippen LogP contribution in [0.25, 0.3) is 17.2 Å². The number of hydrogen-bond donors (Lipinski definition) is 0. The minimum absolute atomic E-state index is 0.244. The molecule has 6 heteroatoms. The smallest absolute Gasteiger partial charge is 0.276 e. The van der Waals surface area contributed by atoms with Crippen molar-refractivity contribution < 1.29 is 4.52 Å². The summed E-state index contributed by atoms with van der Waals surface area (Å²) in [7, 11) is 0. The van der Waals surface area contributed by atoms with Crippen LogP contribution < -0.4 is 0 Å². The summed E-state index contributed by atoms with van der Waals surface area (Å²) in [6.07, 6.45) is 3.66. The third kappa shape index (κ3) is 1.82. The zero-order valence-electron chi connectivity index (χ0n) is 9.96. The maximum Gasteiger partial charge on any atom is 0.276 e. The fourth-order valence-electron chi connectivity index (χ4n) is 1.69. The van der Waals surface area contributed by atoms with Gasteiger partial charge < -0.3 is 4.52 Å². The van der Waals surface area contributed by atoms with E-state index in [0.29, 0.717) is 11.7 Å². The van der Waals surface area contributed by atoms with E-state index in [1.54, 1.807) is 6.20 Å². The van der Waals surface area contributed by atoms with Crippen LogP contribution in [0.5, 0.6) is 0 Å². The van der Waals surface area contributed by atoms with Gasteiger partial charge in [0.2, 0.25) is 0 Å². The highest BCUT2D eigenvalue weighted by Gasteiger charge is 2.15. The highest BCUT2D eigenvalue weighted by atomic mass is 79.9. The van der Waals surface area contributed by atoms with Gasteiger partial charge in [0.25, 0.3) is 5.89 Å². The molecule has 0 saturated heterocycles. The monoisotopic (exact) mass is 306 g/mol. The molecule has 0 aliphatic rings. The van der Waals surface area contributed by atoms with Crippen molar-refractivity contribution in [2.45, 2.75) is 19.8 Å². The molecule has 0 atom stereocenters. The summed E-state index contributed by atoms with van der Waals surface area (Å²) in [4.78, 5) is 8.68. The van der Waals surface area contributed by atoms with Crippen molar-refractivity contribution in [3.05, 3.63) is 34.8 Å². The van der Waals surface area contributed by atoms with Crippen LogP contribution >= 0.6 is 15.9 Å². The SMILES string of the molecule is CC(C)c1noc(-c2cnc3ccc(Br)cn23)n1. The van der Waals surface area contributed by atoms with E-state index in [4.69, 9.17) is 4.52 Å². The number of fused-ring (bicyclic) bond motifs is 1. The van der Waals surface area contributed by atoms with Gasteiger partial charge in [0.1, 0.15) is 11.3 Å². The van der Waals surface area contributed by atoms with Crippen LogP contribution in [0.1, 0.15) is 25.6 Å². The molecule has 0 saturated carbocycles. The molecule has 18 heavy (non-hydrogen) atoms. The lowest BCUT2D eigenvalue weighted by molar-refractivity contribution is 0.418. The van der Waals surface area contributed by atoms with Crippen molar-refractivity contribution in [2.24, 2.45) is 0 Å². The van der Waals surface area contributed by atoms with Gasteiger partial charge in [-0.05, 0) is 28.1 Å². The van der Waals surface area contributed by atoms with Gasteiger partial charge in [-0.15, -0.1) is 0 Å². The van der Waals surface area contributed by atoms with Crippen LogP contribution in [0.2, 0.25) is 0 Å². The first-order chi connectivity index (χ1) is 8.65. The minimum atomic E-state index is 0.244. The highest BCUT2D eigenvalue weighted by Crippen LogP contribution is 2.22. The molecule has 5 nitrogen and oxygen atoms in total. The number of halogens is 1. The largest absolute Gasteiger partial charge is 0.332 e. The summed E-state index contributed by atoms with van der Waals surface area (Å²) in [5, 5.41) is 3.96. The first-order valence-corrected chi connectivity index (χ1v) is 6.41. The first kappa shape index (κ1) is 11.4. The molecular formula is C12H11BrN4O. The number of imidazole rings is 1. The van der Waals surface area contributed by atoms with Gasteiger partial charge in [-0.25, -0.2) is 4.98 Å². The standard InChI is InChI=1S/C12H11BrN4O/c1-7(2)11-15-12(18-16-11)9-5-14-10-4-3-8(13)6-17(9)10/h3-7H,1-2H3. The number of nitrogens with zero attached hydrogens (tertiary/aromatic N) is 4. The third-order valence-corrected chi connectivity index (χ3v) is 3.12. The molecule has 0 spiro atoms. The topological polar surface area (TPSA) is 56.2 Å². The molecule has 3 aromatic rings. The molecule has 0 unspecified atom stereocenters. The lowest BCUT2D eigenvalue weighted by Gasteiger charge is -1.97. The van der Waals surface area contributed by atoms with Gasteiger partial charge >= 0.3 is 0 Å². The molecule has 0 fully saturated rings. The fraction of sp³-hybridized carbons (Fsp3) is 0.250. The molecule has 3 heterocycles. The van der Waals surface area contributed by atoms with Crippen LogP contribution in [-0.2, 0) is 0 Å². The second-order valence-corrected chi connectivity index (χ2v) is 5.25. The van der Waals surface area contributed by atoms with E-state index in [1.807, 2.05) is 36.6 Å². The molecule has 0 aliphatic carbocycles. The van der Waals surface area contributed by atoms with Crippen molar-refractivity contribution >= 4 is 21.6 Å². The Hall–Kier alpha value is -1.69. The van der Waals surface area contributed by atoms with Crippen molar-refractivity contribution in [1.29, 1.82) is 0 Å². The Bertz CT molecular complexity index is 701. The van der Waals surface area contributed by atoms with Crippen molar-refractivity contribution in [3.8, 4) is 11.6 Å². The maximum atomic E-state index is 5.28. The van der Waals surface area contributed by atoms with Crippen LogP contribution in [0.15, 0.2) is 33.5 Å². The van der Waals surface area contributed by atoms with E-state index in [-0.39, 0.29) is 5.92 Å². The lowest BCUT2D eigenvalue weighted by Crippen LogP contribution is -1.91. The Labute approximate surface area is 112 Å². The van der Waals surface area contributed by atoms with Gasteiger partial charge in [0, 0.05) is 16.6 Å². The highest BCUT2D eigenvalue weighted by molar-refractivity contribution is 9.10. The van der Waals surface area contributed by atoms with Crippen LogP contribution in [-0.4, -0.2) is 19.5 Å². The summed E-state index contributed by atoms with van der Waals surface area (Å²) < 4.78 is 8.17. The van der Waals surface area contributed by atoms with Gasteiger partial charge in [-0.3, -0.25) is 4.40 Å². The third-order valence-electron chi connectivity index (χ3n) is 2.65. The predicted molar refractivity (Wildman–Crippen MR) is 70.3 cm³/mol. The van der Waals surface area contributed by atoms with Crippen molar-refractivity contribution in [3.63, 3.8) is 0 Å². The summed E-state index contributed by atoms with van der Waals surface area (Å²) in [5.74, 6) is 1.44. The minimum Gasteiger partial charge on any atom is -0.332 e. The fourth-order valence-corrected chi connectivity index (χ4v) is 2.02. The van der Waals surface area contributed by atoms with Crippen molar-refractivity contribution in [1.82, 2.24) is 19.5 Å². The van der Waals surface area contributed by atoms with Crippen LogP contribution in [0.3, 0.4) is 0 Å². The number of aromatic nitrogens is 4. The molecule has 0 amide bonds. The molecule has 92 valence electrons. The van der Waals surface area contributed by atoms with Gasteiger partial charge in [-0.2, -0.15) is 4.98 Å². The molecule has 3 rings (SSSR count). The quantitative estimate of drug-likeness (QED) is 0.729. The van der Waals surface area contributed by atoms with E-state index in [2.05, 4.69) is 31.1 Å². The average Bonchev–Trinajstić information content (AvgIpc) is 2.93. The van der Waals surface area contributed by atoms with Gasteiger partial charge in [0.15, 0.2) is 5.82 Å². The summed E-state index contributed by atoms with van der Waals surface area (Å²) in [6, 6.07) is 3.87. The molecule has 0 radical (unpaired) electrons. The first-order valence-electron chi connectivity index (χ1n) is 5.62. The Morgan fingerprint density at radius 2 is 2.17 bits per heavy atom. The summed E-state index contributed by atoms with van der Waals surface area (Å²) in [5.41, 5.74) is 1.64. The molecule has 0 N–H and O–H groups in total. The molecule has 3 aromatic heterocycles. The Kier molecular flexibility index (Phi) is 2.66. The maximum absolute atomic E-state index is 5.28. The van der Waals surface area contributed by atoms with Gasteiger partial charge in [0.05, 0.1) is 6.20 Å². The van der Waals surface area contributed by atoms with E-state index >= 15 is 0 Å². The number of hydrogen-bond acceptors (Lipinski definition) is 4. The second kappa shape index (κ2) is 4.20. The van der Waals surface area contributed by atoms with Crippen LogP contribution in [0, 0.1) is 0 Å². The number of pyridine rings is 1. The second-order valence-electron chi connectivity index (χ2n) is 4.33. The number of rotatable bonds is 2. The predicted octanol–water partition coefficient (Wildman–Crippen LogP) is 3.27. The molecule has 0 aromatic carbocycles. The zero-order valence-corrected chi connectivity index (χ0v) is 11.5. The summed E-state index contributed by atoms with van der Waals surface area (Å²) >= 11 is 3.44. The average molecular weight is 307 g/mol. The normalized spacial score (nSPS) is 11.6. The Balaban J connectivity index is 2.15. The van der Waals surface area contributed by atoms with E-state index in [9.17, 15) is 0 Å². The molecular weight excluding hydrogens is 296 g/mol. The summed E-state index contributed by atoms with van der Waals surface area (Å²) in [6.45, 7) is 4.05. The molecule has 0 aliphatic heterocycles. The van der Waals surface area contributed by atoms with E-state index in [1.165, 1.54) is 0 Å². The Morgan fingerprint density at radius 3 is 2.89 bits per heavy atom. The zero-order chi connectivity index (χ0) is 12.7.